The molecule has 2 fully saturated rings. The van der Waals surface area contributed by atoms with Crippen molar-refractivity contribution in [3.05, 3.63) is 76.4 Å². The van der Waals surface area contributed by atoms with Crippen LogP contribution in [0.25, 0.3) is 0 Å². The van der Waals surface area contributed by atoms with E-state index in [0.717, 1.165) is 24.4 Å². The van der Waals surface area contributed by atoms with Gasteiger partial charge in [-0.2, -0.15) is 0 Å². The van der Waals surface area contributed by atoms with Gasteiger partial charge in [-0.3, -0.25) is 24.1 Å². The van der Waals surface area contributed by atoms with Crippen molar-refractivity contribution < 1.29 is 38.5 Å². The number of phenols is 1. The van der Waals surface area contributed by atoms with E-state index in [1.54, 1.807) is 19.1 Å². The number of aromatic hydroxyl groups is 1. The summed E-state index contributed by atoms with van der Waals surface area (Å²) in [5, 5.41) is 10.6. The molecule has 2 saturated heterocycles. The van der Waals surface area contributed by atoms with E-state index >= 15 is 0 Å². The third-order valence-electron chi connectivity index (χ3n) is 9.88. The Morgan fingerprint density at radius 2 is 1.53 bits per heavy atom. The normalized spacial score (nSPS) is 26.3. The van der Waals surface area contributed by atoms with Gasteiger partial charge in [-0.05, 0) is 73.7 Å². The van der Waals surface area contributed by atoms with Gasteiger partial charge in [0, 0.05) is 41.4 Å². The summed E-state index contributed by atoms with van der Waals surface area (Å²) in [6.07, 6.45) is 3.84. The molecule has 2 heterocycles. The van der Waals surface area contributed by atoms with E-state index in [-0.39, 0.29) is 47.1 Å². The quantitative estimate of drug-likeness (QED) is 0.305. The van der Waals surface area contributed by atoms with Gasteiger partial charge in [-0.1, -0.05) is 11.6 Å². The lowest BCUT2D eigenvalue weighted by Crippen LogP contribution is -2.39. The fourth-order valence-electron chi connectivity index (χ4n) is 7.73. The Labute approximate surface area is 260 Å². The Morgan fingerprint density at radius 3 is 2.18 bits per heavy atom. The van der Waals surface area contributed by atoms with Crippen LogP contribution in [0.15, 0.2) is 70.8 Å². The van der Waals surface area contributed by atoms with Crippen molar-refractivity contribution in [1.29, 1.82) is 0 Å². The molecule has 2 amide bonds. The zero-order valence-corrected chi connectivity index (χ0v) is 25.4. The highest BCUT2D eigenvalue weighted by Gasteiger charge is 2.56. The number of allylic oxidation sites excluding steroid dienone is 6. The average Bonchev–Trinajstić information content (AvgIpc) is 3.32. The van der Waals surface area contributed by atoms with Crippen LogP contribution < -0.4 is 19.3 Å². The molecule has 4 atom stereocenters. The lowest BCUT2D eigenvalue weighted by Gasteiger charge is -2.42. The summed E-state index contributed by atoms with van der Waals surface area (Å²) in [6, 6.07) is 10.7. The number of hydrogen-bond donors (Lipinski definition) is 1. The van der Waals surface area contributed by atoms with Gasteiger partial charge in [-0.25, -0.2) is 0 Å². The molecular weight excluding hydrogens is 576 g/mol. The molecule has 0 saturated carbocycles. The van der Waals surface area contributed by atoms with E-state index in [2.05, 4.69) is 4.90 Å². The van der Waals surface area contributed by atoms with Crippen molar-refractivity contribution in [3.8, 4) is 17.2 Å². The summed E-state index contributed by atoms with van der Waals surface area (Å²) in [5.74, 6) is -3.37. The molecule has 4 unspecified atom stereocenters. The molecule has 10 heteroatoms. The number of benzene rings is 2. The molecule has 2 aromatic carbocycles. The number of carbonyl (C=O) groups is 4. The SMILES string of the molecule is COc1cc(C2C3=CCC4C(=O)N(c5ccc(N6CCOCC6)cc5)C(=O)C4C3CC3=C2C(=O)C=C(C)C3=O)cc(OC)c1O. The monoisotopic (exact) mass is 610 g/mol. The second-order valence-electron chi connectivity index (χ2n) is 12.1. The number of fused-ring (bicyclic) bond motifs is 3. The van der Waals surface area contributed by atoms with Crippen molar-refractivity contribution in [1.82, 2.24) is 0 Å². The molecule has 2 aliphatic heterocycles. The third-order valence-corrected chi connectivity index (χ3v) is 9.88. The van der Waals surface area contributed by atoms with Crippen LogP contribution in [-0.4, -0.2) is 69.0 Å². The minimum absolute atomic E-state index is 0.156. The van der Waals surface area contributed by atoms with Crippen molar-refractivity contribution in [2.75, 3.05) is 50.3 Å². The Kier molecular flexibility index (Phi) is 7.12. The van der Waals surface area contributed by atoms with Crippen LogP contribution in [0.5, 0.6) is 17.2 Å². The molecule has 1 N–H and O–H groups in total. The van der Waals surface area contributed by atoms with Crippen LogP contribution in [0.4, 0.5) is 11.4 Å². The summed E-state index contributed by atoms with van der Waals surface area (Å²) in [4.78, 5) is 58.8. The number of ketones is 2. The summed E-state index contributed by atoms with van der Waals surface area (Å²) in [7, 11) is 2.84. The zero-order valence-electron chi connectivity index (χ0n) is 25.4. The van der Waals surface area contributed by atoms with Crippen molar-refractivity contribution in [2.24, 2.45) is 17.8 Å². The summed E-state index contributed by atoms with van der Waals surface area (Å²) in [5.41, 5.74) is 3.98. The topological polar surface area (TPSA) is 123 Å². The van der Waals surface area contributed by atoms with Crippen LogP contribution in [0.3, 0.4) is 0 Å². The zero-order chi connectivity index (χ0) is 31.6. The van der Waals surface area contributed by atoms with Crippen LogP contribution >= 0.6 is 0 Å². The molecule has 0 spiro atoms. The maximum atomic E-state index is 14.2. The first-order valence-electron chi connectivity index (χ1n) is 15.2. The average molecular weight is 611 g/mol. The molecule has 3 aliphatic carbocycles. The highest BCUT2D eigenvalue weighted by Crippen LogP contribution is 2.56. The van der Waals surface area contributed by atoms with Crippen LogP contribution in [0, 0.1) is 17.8 Å². The highest BCUT2D eigenvalue weighted by molar-refractivity contribution is 6.25. The van der Waals surface area contributed by atoms with Crippen molar-refractivity contribution in [3.63, 3.8) is 0 Å². The van der Waals surface area contributed by atoms with E-state index in [1.165, 1.54) is 25.2 Å². The predicted molar refractivity (Wildman–Crippen MR) is 165 cm³/mol. The van der Waals surface area contributed by atoms with Crippen LogP contribution in [-0.2, 0) is 23.9 Å². The number of carbonyl (C=O) groups excluding carboxylic acids is 4. The molecule has 0 aromatic heterocycles. The molecule has 2 aromatic rings. The molecule has 0 bridgehead atoms. The van der Waals surface area contributed by atoms with Gasteiger partial charge >= 0.3 is 0 Å². The lowest BCUT2D eigenvalue weighted by atomic mass is 9.59. The van der Waals surface area contributed by atoms with E-state index in [9.17, 15) is 24.3 Å². The highest BCUT2D eigenvalue weighted by atomic mass is 16.5. The number of rotatable bonds is 5. The summed E-state index contributed by atoms with van der Waals surface area (Å²) < 4.78 is 16.3. The van der Waals surface area contributed by atoms with E-state index in [1.807, 2.05) is 30.3 Å². The maximum Gasteiger partial charge on any atom is 0.238 e. The molecular formula is C35H34N2O8. The number of hydrogen-bond acceptors (Lipinski definition) is 9. The number of Topliss-reactive ketones (excluding diaryl/α,β-unsaturated/α-hetero) is 1. The lowest BCUT2D eigenvalue weighted by molar-refractivity contribution is -0.123. The first-order valence-corrected chi connectivity index (χ1v) is 15.2. The molecule has 5 aliphatic rings. The number of phenolic OH excluding ortho intramolecular Hbond substituents is 1. The molecule has 7 rings (SSSR count). The third kappa shape index (κ3) is 4.49. The van der Waals surface area contributed by atoms with Gasteiger partial charge < -0.3 is 24.2 Å². The minimum atomic E-state index is -0.692. The van der Waals surface area contributed by atoms with E-state index < -0.39 is 23.7 Å². The fraction of sp³-hybridized carbons (Fsp3) is 0.371. The first-order chi connectivity index (χ1) is 21.7. The molecule has 232 valence electrons. The fourth-order valence-corrected chi connectivity index (χ4v) is 7.73. The Morgan fingerprint density at radius 1 is 0.889 bits per heavy atom. The van der Waals surface area contributed by atoms with Crippen molar-refractivity contribution in [2.45, 2.75) is 25.7 Å². The van der Waals surface area contributed by atoms with Gasteiger partial charge in [0.2, 0.25) is 17.6 Å². The van der Waals surface area contributed by atoms with Gasteiger partial charge in [0.1, 0.15) is 0 Å². The Balaban J connectivity index is 1.29. The minimum Gasteiger partial charge on any atom is -0.502 e. The molecule has 0 radical (unpaired) electrons. The number of anilines is 2. The molecule has 10 nitrogen and oxygen atoms in total. The number of morpholine rings is 1. The number of imide groups is 1. The number of ether oxygens (including phenoxy) is 3. The van der Waals surface area contributed by atoms with Crippen LogP contribution in [0.1, 0.15) is 31.2 Å². The second-order valence-corrected chi connectivity index (χ2v) is 12.1. The predicted octanol–water partition coefficient (Wildman–Crippen LogP) is 3.88. The van der Waals surface area contributed by atoms with Gasteiger partial charge in [0.05, 0.1) is 45.0 Å². The van der Waals surface area contributed by atoms with Gasteiger partial charge in [-0.15, -0.1) is 0 Å². The summed E-state index contributed by atoms with van der Waals surface area (Å²) >= 11 is 0. The smallest absolute Gasteiger partial charge is 0.238 e. The van der Waals surface area contributed by atoms with E-state index in [0.29, 0.717) is 47.6 Å². The van der Waals surface area contributed by atoms with Gasteiger partial charge in [0.15, 0.2) is 23.1 Å². The van der Waals surface area contributed by atoms with Gasteiger partial charge in [0.25, 0.3) is 0 Å². The Hall–Kier alpha value is -4.70. The standard InChI is InChI=1S/C35H34N2O8/c1-18-14-26(38)31-25(32(18)39)17-24-22(29(31)19-15-27(43-2)33(40)28(16-19)44-3)8-9-23-30(24)35(42)37(34(23)41)21-6-4-20(5-7-21)36-10-12-45-13-11-36/h4-8,14-16,23-24,29-30,40H,9-13,17H2,1-3H3. The van der Waals surface area contributed by atoms with Crippen molar-refractivity contribution >= 4 is 34.8 Å². The largest absolute Gasteiger partial charge is 0.502 e. The van der Waals surface area contributed by atoms with E-state index in [4.69, 9.17) is 14.2 Å². The number of methoxy groups -OCH3 is 2. The second kappa shape index (κ2) is 11.0. The number of nitrogens with zero attached hydrogens (tertiary/aromatic N) is 2. The first kappa shape index (κ1) is 29.0. The summed E-state index contributed by atoms with van der Waals surface area (Å²) in [6.45, 7) is 4.46. The molecule has 45 heavy (non-hydrogen) atoms. The maximum absolute atomic E-state index is 14.2. The Bertz CT molecular complexity index is 1700. The van der Waals surface area contributed by atoms with Crippen LogP contribution in [0.2, 0.25) is 0 Å². The number of amides is 2.